The zero-order valence-corrected chi connectivity index (χ0v) is 32.5. The van der Waals surface area contributed by atoms with Gasteiger partial charge in [-0.05, 0) is 109 Å². The van der Waals surface area contributed by atoms with Gasteiger partial charge >= 0.3 is 0 Å². The molecule has 0 spiro atoms. The Bertz CT molecular complexity index is 3540. The predicted octanol–water partition coefficient (Wildman–Crippen LogP) is 13.3. The number of fused-ring (bicyclic) bond motifs is 10. The Labute approximate surface area is 347 Å². The van der Waals surface area contributed by atoms with Gasteiger partial charge in [-0.25, -0.2) is 0 Å². The topological polar surface area (TPSA) is 9.72 Å². The minimum Gasteiger partial charge on any atom is -0.311 e. The van der Waals surface area contributed by atoms with Crippen LogP contribution in [-0.2, 0) is 0 Å². The van der Waals surface area contributed by atoms with E-state index in [2.05, 4.69) is 221 Å². The summed E-state index contributed by atoms with van der Waals surface area (Å²) in [4.78, 5) is 7.79. The van der Waals surface area contributed by atoms with Crippen molar-refractivity contribution in [1.29, 1.82) is 0 Å². The maximum Gasteiger partial charge on any atom is 0.257 e. The maximum atomic E-state index is 2.61. The Kier molecular flexibility index (Phi) is 6.37. The van der Waals surface area contributed by atoms with Gasteiger partial charge in [0.05, 0.1) is 17.1 Å². The maximum absolute atomic E-state index is 2.61. The van der Waals surface area contributed by atoms with Crippen LogP contribution in [0, 0.1) is 0 Å². The Morgan fingerprint density at radius 2 is 0.600 bits per heavy atom. The smallest absolute Gasteiger partial charge is 0.257 e. The molecule has 0 bridgehead atoms. The molecule has 3 aliphatic heterocycles. The molecule has 11 aromatic rings. The Balaban J connectivity index is 1.27. The van der Waals surface area contributed by atoms with Crippen LogP contribution in [0.2, 0.25) is 0 Å². The molecule has 3 aliphatic rings. The Hall–Kier alpha value is -7.82. The quantitative estimate of drug-likeness (QED) is 0.131. The molecule has 60 heavy (non-hydrogen) atoms. The molecule has 3 nitrogen and oxygen atoms in total. The van der Waals surface area contributed by atoms with E-state index in [1.165, 1.54) is 104 Å². The van der Waals surface area contributed by atoms with E-state index in [1.54, 1.807) is 0 Å². The Morgan fingerprint density at radius 3 is 1.05 bits per heavy atom. The fraction of sp³-hybridized carbons (Fsp3) is 0. The lowest BCUT2D eigenvalue weighted by Crippen LogP contribution is -2.65. The van der Waals surface area contributed by atoms with Crippen molar-refractivity contribution >= 4 is 128 Å². The summed E-state index contributed by atoms with van der Waals surface area (Å²) in [6, 6.07) is 76.9. The molecule has 4 heteroatoms. The normalized spacial score (nSPS) is 13.5. The summed E-state index contributed by atoms with van der Waals surface area (Å²) in [7, 11) is 0. The zero-order valence-electron chi connectivity index (χ0n) is 32.5. The first-order valence-electron chi connectivity index (χ1n) is 20.9. The van der Waals surface area contributed by atoms with E-state index >= 15 is 0 Å². The number of para-hydroxylation sites is 3. The first-order valence-corrected chi connectivity index (χ1v) is 20.9. The lowest BCUT2D eigenvalue weighted by molar-refractivity contribution is 1.24. The van der Waals surface area contributed by atoms with Crippen LogP contribution in [-0.4, -0.2) is 6.71 Å². The van der Waals surface area contributed by atoms with Crippen LogP contribution in [0.1, 0.15) is 0 Å². The third kappa shape index (κ3) is 4.14. The predicted molar refractivity (Wildman–Crippen MR) is 256 cm³/mol. The fourth-order valence-corrected chi connectivity index (χ4v) is 11.1. The second-order valence-electron chi connectivity index (χ2n) is 16.4. The van der Waals surface area contributed by atoms with Gasteiger partial charge in [0, 0.05) is 50.3 Å². The van der Waals surface area contributed by atoms with Gasteiger partial charge in [0.25, 0.3) is 6.71 Å². The average Bonchev–Trinajstić information content (AvgIpc) is 3.32. The molecule has 0 atom stereocenters. The fourth-order valence-electron chi connectivity index (χ4n) is 11.1. The van der Waals surface area contributed by atoms with Crippen molar-refractivity contribution in [3.05, 3.63) is 206 Å². The number of hydrogen-bond donors (Lipinski definition) is 0. The van der Waals surface area contributed by atoms with E-state index in [-0.39, 0.29) is 6.71 Å². The molecule has 0 amide bonds. The first-order chi connectivity index (χ1) is 29.8. The van der Waals surface area contributed by atoms with Crippen LogP contribution in [0.5, 0.6) is 0 Å². The van der Waals surface area contributed by atoms with Gasteiger partial charge in [-0.3, -0.25) is 0 Å². The van der Waals surface area contributed by atoms with Crippen LogP contribution >= 0.6 is 0 Å². The van der Waals surface area contributed by atoms with Crippen molar-refractivity contribution in [1.82, 2.24) is 0 Å². The van der Waals surface area contributed by atoms with Crippen molar-refractivity contribution in [3.63, 3.8) is 0 Å². The number of benzene rings is 11. The van der Waals surface area contributed by atoms with Gasteiger partial charge in [0.15, 0.2) is 0 Å². The van der Waals surface area contributed by atoms with Crippen LogP contribution in [0.25, 0.3) is 53.9 Å². The van der Waals surface area contributed by atoms with Crippen molar-refractivity contribution in [3.8, 4) is 0 Å². The molecular formula is C56H34BN3. The van der Waals surface area contributed by atoms with Gasteiger partial charge in [-0.15, -0.1) is 0 Å². The van der Waals surface area contributed by atoms with Crippen molar-refractivity contribution < 1.29 is 0 Å². The highest BCUT2D eigenvalue weighted by molar-refractivity contribution is 7.03. The average molecular weight is 760 g/mol. The molecule has 0 aliphatic carbocycles. The molecule has 0 radical (unpaired) electrons. The molecule has 11 aromatic carbocycles. The lowest BCUT2D eigenvalue weighted by atomic mass is 9.31. The van der Waals surface area contributed by atoms with Gasteiger partial charge in [-0.2, -0.15) is 0 Å². The molecule has 0 fully saturated rings. The molecule has 0 saturated heterocycles. The van der Waals surface area contributed by atoms with Crippen molar-refractivity contribution in [2.75, 3.05) is 14.7 Å². The monoisotopic (exact) mass is 759 g/mol. The third-order valence-corrected chi connectivity index (χ3v) is 13.4. The van der Waals surface area contributed by atoms with E-state index in [0.29, 0.717) is 0 Å². The van der Waals surface area contributed by atoms with Gasteiger partial charge in [0.1, 0.15) is 0 Å². The highest BCUT2D eigenvalue weighted by Crippen LogP contribution is 2.55. The number of nitrogens with zero attached hydrogens (tertiary/aromatic N) is 3. The first kappa shape index (κ1) is 32.2. The SMILES string of the molecule is c1ccc(N2c3cc4c(ccc5ccccc54)c4c3B3c5c(cc6ccccc6c52)N(c2ccccc2)c2c3c(cc3c2ccc2ccccc23)N4c2ccccc2)cc1. The minimum absolute atomic E-state index is 0.0405. The molecule has 0 saturated carbocycles. The summed E-state index contributed by atoms with van der Waals surface area (Å²) >= 11 is 0. The summed E-state index contributed by atoms with van der Waals surface area (Å²) in [5.74, 6) is 0. The zero-order chi connectivity index (χ0) is 39.1. The summed E-state index contributed by atoms with van der Waals surface area (Å²) in [6.07, 6.45) is 0. The van der Waals surface area contributed by atoms with Gasteiger partial charge < -0.3 is 14.7 Å². The highest BCUT2D eigenvalue weighted by atomic mass is 15.2. The number of anilines is 9. The third-order valence-electron chi connectivity index (χ3n) is 13.4. The van der Waals surface area contributed by atoms with E-state index in [0.717, 1.165) is 17.1 Å². The van der Waals surface area contributed by atoms with E-state index in [9.17, 15) is 0 Å². The van der Waals surface area contributed by atoms with Crippen LogP contribution in [0.4, 0.5) is 51.2 Å². The second-order valence-corrected chi connectivity index (χ2v) is 16.4. The Morgan fingerprint density at radius 1 is 0.250 bits per heavy atom. The van der Waals surface area contributed by atoms with E-state index in [1.807, 2.05) is 0 Å². The van der Waals surface area contributed by atoms with Gasteiger partial charge in [0.2, 0.25) is 0 Å². The van der Waals surface area contributed by atoms with Crippen molar-refractivity contribution in [2.24, 2.45) is 0 Å². The molecule has 0 unspecified atom stereocenters. The minimum atomic E-state index is -0.0405. The molecule has 14 rings (SSSR count). The van der Waals surface area contributed by atoms with Gasteiger partial charge in [-0.1, -0.05) is 152 Å². The molecular weight excluding hydrogens is 725 g/mol. The number of hydrogen-bond acceptors (Lipinski definition) is 3. The van der Waals surface area contributed by atoms with Crippen molar-refractivity contribution in [2.45, 2.75) is 0 Å². The molecule has 0 aromatic heterocycles. The highest BCUT2D eigenvalue weighted by Gasteiger charge is 2.51. The second kappa shape index (κ2) is 11.9. The summed E-state index contributed by atoms with van der Waals surface area (Å²) in [5, 5.41) is 12.5. The van der Waals surface area contributed by atoms with Crippen LogP contribution in [0.3, 0.4) is 0 Å². The summed E-state index contributed by atoms with van der Waals surface area (Å²) in [6.45, 7) is -0.0405. The molecule has 3 heterocycles. The standard InChI is InChI=1S/C56H34BN3/c1-4-19-38(20-5-1)58-48-32-37-18-12-15-27-43(37)54-51(48)57-52-49(59(54)39-21-6-2-7-22-39)33-46-41-25-13-10-17-36(41)29-31-45(46)56(52)60(40-23-8-3-9-24-40)50-34-47-42-26-14-11-16-35(42)28-30-44(47)55(58)53(50)57/h1-34H. The number of rotatable bonds is 3. The van der Waals surface area contributed by atoms with E-state index < -0.39 is 0 Å². The summed E-state index contributed by atoms with van der Waals surface area (Å²) in [5.41, 5.74) is 14.9. The van der Waals surface area contributed by atoms with E-state index in [4.69, 9.17) is 0 Å². The van der Waals surface area contributed by atoms with Crippen LogP contribution < -0.4 is 31.1 Å². The van der Waals surface area contributed by atoms with Crippen LogP contribution in [0.15, 0.2) is 206 Å². The summed E-state index contributed by atoms with van der Waals surface area (Å²) < 4.78 is 0. The lowest BCUT2D eigenvalue weighted by Gasteiger charge is -2.50. The molecule has 0 N–H and O–H groups in total. The largest absolute Gasteiger partial charge is 0.311 e. The molecule has 276 valence electrons.